The van der Waals surface area contributed by atoms with Gasteiger partial charge in [0.15, 0.2) is 0 Å². The van der Waals surface area contributed by atoms with Crippen molar-refractivity contribution < 1.29 is 13.5 Å². The van der Waals surface area contributed by atoms with E-state index in [9.17, 15) is 8.78 Å². The summed E-state index contributed by atoms with van der Waals surface area (Å²) in [5, 5.41) is 3.11. The van der Waals surface area contributed by atoms with Gasteiger partial charge in [0.1, 0.15) is 5.75 Å². The first kappa shape index (κ1) is 14.2. The quantitative estimate of drug-likeness (QED) is 0.828. The maximum Gasteiger partial charge on any atom is 0.250 e. The zero-order chi connectivity index (χ0) is 12.8. The number of ether oxygens (including phenoxy) is 1. The minimum Gasteiger partial charge on any atom is -0.495 e. The van der Waals surface area contributed by atoms with Crippen LogP contribution >= 0.6 is 11.6 Å². The van der Waals surface area contributed by atoms with Gasteiger partial charge in [-0.25, -0.2) is 8.78 Å². The van der Waals surface area contributed by atoms with Crippen LogP contribution in [0.2, 0.25) is 5.02 Å². The number of benzene rings is 1. The van der Waals surface area contributed by atoms with Gasteiger partial charge in [-0.3, -0.25) is 0 Å². The Morgan fingerprint density at radius 3 is 2.65 bits per heavy atom. The third-order valence-corrected chi connectivity index (χ3v) is 2.63. The summed E-state index contributed by atoms with van der Waals surface area (Å²) in [6, 6.07) is 4.76. The van der Waals surface area contributed by atoms with Crippen LogP contribution in [-0.4, -0.2) is 26.6 Å². The summed E-state index contributed by atoms with van der Waals surface area (Å²) in [5.74, 6) is 0.542. The lowest BCUT2D eigenvalue weighted by molar-refractivity contribution is 0.141. The molecule has 0 saturated heterocycles. The molecule has 17 heavy (non-hydrogen) atoms. The summed E-state index contributed by atoms with van der Waals surface area (Å²) in [6.45, 7) is -0.180. The summed E-state index contributed by atoms with van der Waals surface area (Å²) < 4.78 is 29.2. The van der Waals surface area contributed by atoms with Crippen LogP contribution in [0.3, 0.4) is 0 Å². The van der Waals surface area contributed by atoms with Crippen molar-refractivity contribution in [3.63, 3.8) is 0 Å². The van der Waals surface area contributed by atoms with Crippen LogP contribution in [0.25, 0.3) is 0 Å². The van der Waals surface area contributed by atoms with E-state index < -0.39 is 13.0 Å². The topological polar surface area (TPSA) is 47.3 Å². The van der Waals surface area contributed by atoms with E-state index in [4.69, 9.17) is 22.1 Å². The number of nitrogens with two attached hydrogens (primary N) is 1. The lowest BCUT2D eigenvalue weighted by Gasteiger charge is -2.18. The Morgan fingerprint density at radius 1 is 1.47 bits per heavy atom. The third kappa shape index (κ3) is 4.11. The average Bonchev–Trinajstić information content (AvgIpc) is 2.29. The lowest BCUT2D eigenvalue weighted by Crippen LogP contribution is -2.31. The second kappa shape index (κ2) is 6.74. The van der Waals surface area contributed by atoms with Gasteiger partial charge in [0.25, 0.3) is 6.43 Å². The zero-order valence-electron chi connectivity index (χ0n) is 9.42. The molecule has 0 saturated carbocycles. The fraction of sp³-hybridized carbons (Fsp3) is 0.455. The molecule has 3 N–H and O–H groups in total. The highest BCUT2D eigenvalue weighted by atomic mass is 35.5. The Kier molecular flexibility index (Phi) is 5.61. The molecule has 1 aromatic carbocycles. The fourth-order valence-corrected chi connectivity index (χ4v) is 1.73. The predicted octanol–water partition coefficient (Wildman–Crippen LogP) is 2.20. The Balaban J connectivity index is 2.78. The first-order chi connectivity index (χ1) is 8.08. The predicted molar refractivity (Wildman–Crippen MR) is 63.8 cm³/mol. The van der Waals surface area contributed by atoms with E-state index in [1.165, 1.54) is 7.11 Å². The molecular formula is C11H15ClF2N2O. The number of alkyl halides is 2. The lowest BCUT2D eigenvalue weighted by atomic mass is 10.1. The van der Waals surface area contributed by atoms with Gasteiger partial charge in [-0.15, -0.1) is 0 Å². The summed E-state index contributed by atoms with van der Waals surface area (Å²) >= 11 is 5.95. The van der Waals surface area contributed by atoms with Crippen molar-refractivity contribution in [1.82, 2.24) is 5.32 Å². The largest absolute Gasteiger partial charge is 0.495 e. The normalized spacial score (nSPS) is 12.8. The summed E-state index contributed by atoms with van der Waals surface area (Å²) in [6.07, 6.45) is -2.40. The van der Waals surface area contributed by atoms with Gasteiger partial charge in [0, 0.05) is 12.6 Å². The second-order valence-corrected chi connectivity index (χ2v) is 3.89. The van der Waals surface area contributed by atoms with Crippen molar-refractivity contribution >= 4 is 11.6 Å². The molecule has 1 rings (SSSR count). The molecule has 0 amide bonds. The molecule has 0 fully saturated rings. The van der Waals surface area contributed by atoms with Gasteiger partial charge < -0.3 is 15.8 Å². The number of rotatable bonds is 6. The molecule has 0 aliphatic heterocycles. The minimum absolute atomic E-state index is 0.218. The molecule has 0 aliphatic carbocycles. The van der Waals surface area contributed by atoms with E-state index in [0.29, 0.717) is 10.8 Å². The van der Waals surface area contributed by atoms with Crippen molar-refractivity contribution in [1.29, 1.82) is 0 Å². The van der Waals surface area contributed by atoms with Crippen molar-refractivity contribution in [2.24, 2.45) is 5.73 Å². The SMILES string of the molecule is COc1ccc(C(CN)NCC(F)F)cc1Cl. The summed E-state index contributed by atoms with van der Waals surface area (Å²) in [7, 11) is 1.51. The number of hydrogen-bond donors (Lipinski definition) is 2. The Morgan fingerprint density at radius 2 is 2.18 bits per heavy atom. The van der Waals surface area contributed by atoms with E-state index in [-0.39, 0.29) is 12.6 Å². The Hall–Kier alpha value is -0.910. The van der Waals surface area contributed by atoms with E-state index in [2.05, 4.69) is 5.32 Å². The molecule has 96 valence electrons. The van der Waals surface area contributed by atoms with Crippen molar-refractivity contribution in [2.75, 3.05) is 20.2 Å². The number of hydrogen-bond acceptors (Lipinski definition) is 3. The van der Waals surface area contributed by atoms with Crippen LogP contribution in [0.5, 0.6) is 5.75 Å². The molecule has 0 heterocycles. The van der Waals surface area contributed by atoms with Crippen LogP contribution in [0.4, 0.5) is 8.78 Å². The molecule has 1 atom stereocenters. The van der Waals surface area contributed by atoms with Gasteiger partial charge >= 0.3 is 0 Å². The van der Waals surface area contributed by atoms with E-state index >= 15 is 0 Å². The summed E-state index contributed by atoms with van der Waals surface area (Å²) in [5.41, 5.74) is 6.29. The van der Waals surface area contributed by atoms with E-state index in [0.717, 1.165) is 5.56 Å². The maximum absolute atomic E-state index is 12.1. The number of nitrogens with one attached hydrogen (secondary N) is 1. The van der Waals surface area contributed by atoms with Crippen LogP contribution in [0, 0.1) is 0 Å². The fourth-order valence-electron chi connectivity index (χ4n) is 1.47. The average molecular weight is 265 g/mol. The second-order valence-electron chi connectivity index (χ2n) is 3.48. The van der Waals surface area contributed by atoms with Gasteiger partial charge in [0.2, 0.25) is 0 Å². The van der Waals surface area contributed by atoms with Gasteiger partial charge in [-0.05, 0) is 17.7 Å². The monoisotopic (exact) mass is 264 g/mol. The van der Waals surface area contributed by atoms with Crippen LogP contribution in [0.15, 0.2) is 18.2 Å². The Labute approximate surface area is 104 Å². The first-order valence-electron chi connectivity index (χ1n) is 5.13. The summed E-state index contributed by atoms with van der Waals surface area (Å²) in [4.78, 5) is 0. The molecule has 0 spiro atoms. The number of halogens is 3. The Bertz CT molecular complexity index is 363. The van der Waals surface area contributed by atoms with Gasteiger partial charge in [-0.1, -0.05) is 17.7 Å². The van der Waals surface area contributed by atoms with Gasteiger partial charge in [0.05, 0.1) is 18.7 Å². The first-order valence-corrected chi connectivity index (χ1v) is 5.51. The number of methoxy groups -OCH3 is 1. The van der Waals surface area contributed by atoms with Crippen LogP contribution in [-0.2, 0) is 0 Å². The van der Waals surface area contributed by atoms with Crippen molar-refractivity contribution in [3.05, 3.63) is 28.8 Å². The minimum atomic E-state index is -2.40. The van der Waals surface area contributed by atoms with E-state index in [1.807, 2.05) is 0 Å². The molecular weight excluding hydrogens is 250 g/mol. The molecule has 1 aromatic rings. The highest BCUT2D eigenvalue weighted by Crippen LogP contribution is 2.27. The maximum atomic E-state index is 12.1. The zero-order valence-corrected chi connectivity index (χ0v) is 10.2. The van der Waals surface area contributed by atoms with Crippen LogP contribution in [0.1, 0.15) is 11.6 Å². The third-order valence-electron chi connectivity index (χ3n) is 2.33. The molecule has 0 bridgehead atoms. The molecule has 6 heteroatoms. The smallest absolute Gasteiger partial charge is 0.250 e. The molecule has 3 nitrogen and oxygen atoms in total. The van der Waals surface area contributed by atoms with Crippen molar-refractivity contribution in [3.8, 4) is 5.75 Å². The molecule has 0 aliphatic rings. The molecule has 0 aromatic heterocycles. The highest BCUT2D eigenvalue weighted by Gasteiger charge is 2.13. The van der Waals surface area contributed by atoms with E-state index in [1.54, 1.807) is 18.2 Å². The standard InChI is InChI=1S/C11H15ClF2N2O/c1-17-10-3-2-7(4-8(10)12)9(5-15)16-6-11(13)14/h2-4,9,11,16H,5-6,15H2,1H3. The van der Waals surface area contributed by atoms with Crippen LogP contribution < -0.4 is 15.8 Å². The highest BCUT2D eigenvalue weighted by molar-refractivity contribution is 6.32. The van der Waals surface area contributed by atoms with Gasteiger partial charge in [-0.2, -0.15) is 0 Å². The molecule has 1 unspecified atom stereocenters. The molecule has 0 radical (unpaired) electrons. The van der Waals surface area contributed by atoms with Crippen molar-refractivity contribution in [2.45, 2.75) is 12.5 Å².